The summed E-state index contributed by atoms with van der Waals surface area (Å²) in [4.78, 5) is 1.25. The van der Waals surface area contributed by atoms with Crippen molar-refractivity contribution in [1.82, 2.24) is 0 Å². The van der Waals surface area contributed by atoms with Crippen LogP contribution in [0, 0.1) is 0 Å². The predicted octanol–water partition coefficient (Wildman–Crippen LogP) is 3.83. The Labute approximate surface area is 109 Å². The quantitative estimate of drug-likeness (QED) is 0.565. The fourth-order valence-electron chi connectivity index (χ4n) is 1.71. The number of rotatable bonds is 8. The molecule has 1 aromatic carbocycles. The van der Waals surface area contributed by atoms with Crippen molar-refractivity contribution in [3.05, 3.63) is 23.8 Å². The van der Waals surface area contributed by atoms with Crippen LogP contribution in [0.4, 0.5) is 0 Å². The highest BCUT2D eigenvalue weighted by atomic mass is 32.2. The molecule has 0 aromatic heterocycles. The van der Waals surface area contributed by atoms with Crippen molar-refractivity contribution in [3.63, 3.8) is 0 Å². The summed E-state index contributed by atoms with van der Waals surface area (Å²) in [5.41, 5.74) is 6.97. The number of hydrogen-bond acceptors (Lipinski definition) is 3. The Balaban J connectivity index is 2.66. The van der Waals surface area contributed by atoms with Gasteiger partial charge in [-0.3, -0.25) is 0 Å². The SMILES string of the molecule is CCCCCOc1cccc(SCC)c1CN. The summed E-state index contributed by atoms with van der Waals surface area (Å²) < 4.78 is 5.82. The normalized spacial score (nSPS) is 10.5. The average Bonchev–Trinajstić information content (AvgIpc) is 2.35. The van der Waals surface area contributed by atoms with E-state index < -0.39 is 0 Å². The van der Waals surface area contributed by atoms with Crippen LogP contribution in [0.3, 0.4) is 0 Å². The highest BCUT2D eigenvalue weighted by molar-refractivity contribution is 7.99. The van der Waals surface area contributed by atoms with E-state index in [1.54, 1.807) is 0 Å². The van der Waals surface area contributed by atoms with Gasteiger partial charge < -0.3 is 10.5 Å². The molecule has 0 bridgehead atoms. The molecular formula is C14H23NOS. The first-order chi connectivity index (χ1) is 8.33. The number of benzene rings is 1. The van der Waals surface area contributed by atoms with Crippen molar-refractivity contribution in [3.8, 4) is 5.75 Å². The summed E-state index contributed by atoms with van der Waals surface area (Å²) in [6.07, 6.45) is 3.56. The second-order valence-electron chi connectivity index (χ2n) is 3.93. The molecule has 0 amide bonds. The highest BCUT2D eigenvalue weighted by Crippen LogP contribution is 2.29. The van der Waals surface area contributed by atoms with Gasteiger partial charge in [-0.15, -0.1) is 11.8 Å². The molecular weight excluding hydrogens is 230 g/mol. The van der Waals surface area contributed by atoms with Gasteiger partial charge in [0.15, 0.2) is 0 Å². The van der Waals surface area contributed by atoms with Crippen LogP contribution in [0.15, 0.2) is 23.1 Å². The van der Waals surface area contributed by atoms with Crippen molar-refractivity contribution in [2.75, 3.05) is 12.4 Å². The van der Waals surface area contributed by atoms with E-state index in [4.69, 9.17) is 10.5 Å². The number of nitrogens with two attached hydrogens (primary N) is 1. The Morgan fingerprint density at radius 3 is 2.71 bits per heavy atom. The zero-order valence-electron chi connectivity index (χ0n) is 10.9. The van der Waals surface area contributed by atoms with Gasteiger partial charge in [0, 0.05) is 17.0 Å². The molecule has 0 aliphatic rings. The van der Waals surface area contributed by atoms with E-state index in [1.807, 2.05) is 23.9 Å². The van der Waals surface area contributed by atoms with Gasteiger partial charge in [-0.25, -0.2) is 0 Å². The zero-order chi connectivity index (χ0) is 12.5. The Kier molecular flexibility index (Phi) is 7.13. The minimum atomic E-state index is 0.548. The topological polar surface area (TPSA) is 35.2 Å². The number of hydrogen-bond donors (Lipinski definition) is 1. The van der Waals surface area contributed by atoms with Gasteiger partial charge in [-0.1, -0.05) is 32.8 Å². The summed E-state index contributed by atoms with van der Waals surface area (Å²) in [7, 11) is 0. The van der Waals surface area contributed by atoms with Crippen molar-refractivity contribution in [1.29, 1.82) is 0 Å². The lowest BCUT2D eigenvalue weighted by molar-refractivity contribution is 0.302. The summed E-state index contributed by atoms with van der Waals surface area (Å²) in [5, 5.41) is 0. The lowest BCUT2D eigenvalue weighted by atomic mass is 10.2. The molecule has 1 rings (SSSR count). The molecule has 0 heterocycles. The molecule has 0 fully saturated rings. The number of unbranched alkanes of at least 4 members (excludes halogenated alkanes) is 2. The summed E-state index contributed by atoms with van der Waals surface area (Å²) >= 11 is 1.82. The maximum atomic E-state index is 5.82. The maximum absolute atomic E-state index is 5.82. The molecule has 0 radical (unpaired) electrons. The van der Waals surface area contributed by atoms with Gasteiger partial charge in [-0.2, -0.15) is 0 Å². The second kappa shape index (κ2) is 8.43. The third-order valence-electron chi connectivity index (χ3n) is 2.60. The van der Waals surface area contributed by atoms with Crippen LogP contribution < -0.4 is 10.5 Å². The molecule has 2 N–H and O–H groups in total. The van der Waals surface area contributed by atoms with Crippen LogP contribution in [-0.2, 0) is 6.54 Å². The predicted molar refractivity (Wildman–Crippen MR) is 75.8 cm³/mol. The third kappa shape index (κ3) is 4.60. The molecule has 0 saturated carbocycles. The van der Waals surface area contributed by atoms with E-state index in [0.29, 0.717) is 6.54 Å². The van der Waals surface area contributed by atoms with Crippen LogP contribution in [0.25, 0.3) is 0 Å². The van der Waals surface area contributed by atoms with Crippen molar-refractivity contribution < 1.29 is 4.74 Å². The van der Waals surface area contributed by atoms with Crippen LogP contribution in [0.2, 0.25) is 0 Å². The second-order valence-corrected chi connectivity index (χ2v) is 5.23. The average molecular weight is 253 g/mol. The molecule has 0 spiro atoms. The lowest BCUT2D eigenvalue weighted by Gasteiger charge is -2.13. The molecule has 0 aliphatic carbocycles. The standard InChI is InChI=1S/C14H23NOS/c1-3-5-6-10-16-13-8-7-9-14(17-4-2)12(13)11-15/h7-9H,3-6,10-11,15H2,1-2H3. The Bertz CT molecular complexity index is 328. The van der Waals surface area contributed by atoms with E-state index in [1.165, 1.54) is 17.7 Å². The molecule has 0 saturated heterocycles. The minimum absolute atomic E-state index is 0.548. The van der Waals surface area contributed by atoms with Crippen molar-refractivity contribution in [2.45, 2.75) is 44.6 Å². The molecule has 96 valence electrons. The van der Waals surface area contributed by atoms with Crippen molar-refractivity contribution in [2.24, 2.45) is 5.73 Å². The van der Waals surface area contributed by atoms with Gasteiger partial charge in [-0.05, 0) is 24.3 Å². The zero-order valence-corrected chi connectivity index (χ0v) is 11.7. The smallest absolute Gasteiger partial charge is 0.124 e. The van der Waals surface area contributed by atoms with E-state index in [9.17, 15) is 0 Å². The summed E-state index contributed by atoms with van der Waals surface area (Å²) in [6, 6.07) is 6.19. The van der Waals surface area contributed by atoms with Gasteiger partial charge in [0.2, 0.25) is 0 Å². The first kappa shape index (κ1) is 14.4. The molecule has 0 aliphatic heterocycles. The molecule has 17 heavy (non-hydrogen) atoms. The van der Waals surface area contributed by atoms with E-state index in [0.717, 1.165) is 30.1 Å². The maximum Gasteiger partial charge on any atom is 0.124 e. The first-order valence-corrected chi connectivity index (χ1v) is 7.39. The number of ether oxygens (including phenoxy) is 1. The van der Waals surface area contributed by atoms with E-state index in [-0.39, 0.29) is 0 Å². The minimum Gasteiger partial charge on any atom is -0.493 e. The monoisotopic (exact) mass is 253 g/mol. The fourth-order valence-corrected chi connectivity index (χ4v) is 2.55. The van der Waals surface area contributed by atoms with Gasteiger partial charge in [0.25, 0.3) is 0 Å². The fraction of sp³-hybridized carbons (Fsp3) is 0.571. The largest absolute Gasteiger partial charge is 0.493 e. The van der Waals surface area contributed by atoms with E-state index in [2.05, 4.69) is 19.9 Å². The molecule has 1 aromatic rings. The van der Waals surface area contributed by atoms with Crippen LogP contribution in [0.1, 0.15) is 38.7 Å². The Morgan fingerprint density at radius 1 is 1.24 bits per heavy atom. The number of thioether (sulfide) groups is 1. The van der Waals surface area contributed by atoms with E-state index >= 15 is 0 Å². The van der Waals surface area contributed by atoms with Crippen LogP contribution >= 0.6 is 11.8 Å². The summed E-state index contributed by atoms with van der Waals surface area (Å²) in [5.74, 6) is 2.02. The van der Waals surface area contributed by atoms with Gasteiger partial charge in [0.1, 0.15) is 5.75 Å². The van der Waals surface area contributed by atoms with Gasteiger partial charge in [0.05, 0.1) is 6.61 Å². The Hall–Kier alpha value is -0.670. The van der Waals surface area contributed by atoms with Crippen LogP contribution in [-0.4, -0.2) is 12.4 Å². The molecule has 2 nitrogen and oxygen atoms in total. The van der Waals surface area contributed by atoms with Crippen LogP contribution in [0.5, 0.6) is 5.75 Å². The molecule has 0 unspecified atom stereocenters. The van der Waals surface area contributed by atoms with Crippen molar-refractivity contribution >= 4 is 11.8 Å². The molecule has 3 heteroatoms. The summed E-state index contributed by atoms with van der Waals surface area (Å²) in [6.45, 7) is 5.69. The lowest BCUT2D eigenvalue weighted by Crippen LogP contribution is -2.05. The highest BCUT2D eigenvalue weighted by Gasteiger charge is 2.07. The van der Waals surface area contributed by atoms with Gasteiger partial charge >= 0.3 is 0 Å². The third-order valence-corrected chi connectivity index (χ3v) is 3.58. The Morgan fingerprint density at radius 2 is 2.06 bits per heavy atom. The molecule has 0 atom stereocenters. The first-order valence-electron chi connectivity index (χ1n) is 6.41.